The average molecular weight is 245 g/mol. The van der Waals surface area contributed by atoms with Gasteiger partial charge in [0.05, 0.1) is 0 Å². The lowest BCUT2D eigenvalue weighted by molar-refractivity contribution is -0.173. The van der Waals surface area contributed by atoms with Crippen LogP contribution in [-0.4, -0.2) is 36.9 Å². The van der Waals surface area contributed by atoms with E-state index in [1.54, 1.807) is 11.8 Å². The zero-order chi connectivity index (χ0) is 11.7. The number of ether oxygens (including phenoxy) is 1. The van der Waals surface area contributed by atoms with Crippen molar-refractivity contribution in [2.75, 3.05) is 24.7 Å². The number of thioether (sulfide) groups is 1. The van der Waals surface area contributed by atoms with Crippen molar-refractivity contribution in [1.29, 1.82) is 0 Å². The topological polar surface area (TPSA) is 35.2 Å². The fraction of sp³-hybridized carbons (Fsp3) is 1.00. The highest BCUT2D eigenvalue weighted by atomic mass is 32.2. The highest BCUT2D eigenvalue weighted by molar-refractivity contribution is 7.99. The van der Waals surface area contributed by atoms with Gasteiger partial charge in [-0.15, -0.1) is 0 Å². The lowest BCUT2D eigenvalue weighted by Gasteiger charge is -2.07. The van der Waals surface area contributed by atoms with Gasteiger partial charge in [0.25, 0.3) is 0 Å². The molecule has 0 saturated carbocycles. The molecule has 92 valence electrons. The summed E-state index contributed by atoms with van der Waals surface area (Å²) < 4.78 is 39.4. The summed E-state index contributed by atoms with van der Waals surface area (Å²) in [6.45, 7) is 0.967. The molecule has 0 aromatic heterocycles. The first-order valence-electron chi connectivity index (χ1n) is 4.89. The number of hydrogen-bond donors (Lipinski definition) is 1. The molecule has 1 atom stereocenters. The van der Waals surface area contributed by atoms with Crippen molar-refractivity contribution < 1.29 is 17.9 Å². The lowest BCUT2D eigenvalue weighted by Crippen LogP contribution is -2.17. The van der Waals surface area contributed by atoms with Gasteiger partial charge < -0.3 is 10.5 Å². The van der Waals surface area contributed by atoms with E-state index in [0.29, 0.717) is 6.42 Å². The molecule has 6 heteroatoms. The summed E-state index contributed by atoms with van der Waals surface area (Å²) in [7, 11) is 0. The molecule has 0 amide bonds. The van der Waals surface area contributed by atoms with Gasteiger partial charge in [0.2, 0.25) is 0 Å². The van der Waals surface area contributed by atoms with Gasteiger partial charge in [0.15, 0.2) is 0 Å². The zero-order valence-electron chi connectivity index (χ0n) is 8.85. The van der Waals surface area contributed by atoms with Gasteiger partial charge in [-0.3, -0.25) is 0 Å². The van der Waals surface area contributed by atoms with Gasteiger partial charge >= 0.3 is 6.18 Å². The van der Waals surface area contributed by atoms with Crippen LogP contribution in [0.25, 0.3) is 0 Å². The molecule has 0 spiro atoms. The van der Waals surface area contributed by atoms with Crippen LogP contribution in [0.5, 0.6) is 0 Å². The number of alkyl halides is 3. The predicted octanol–water partition coefficient (Wildman–Crippen LogP) is 2.43. The fourth-order valence-electron chi connectivity index (χ4n) is 0.822. The van der Waals surface area contributed by atoms with Gasteiger partial charge in [0.1, 0.15) is 6.61 Å². The Morgan fingerprint density at radius 2 is 2.00 bits per heavy atom. The van der Waals surface area contributed by atoms with Crippen molar-refractivity contribution >= 4 is 11.8 Å². The molecule has 0 radical (unpaired) electrons. The van der Waals surface area contributed by atoms with Crippen molar-refractivity contribution in [3.63, 3.8) is 0 Å². The minimum Gasteiger partial charge on any atom is -0.372 e. The van der Waals surface area contributed by atoms with Crippen LogP contribution in [0.4, 0.5) is 13.2 Å². The SMILES string of the molecule is CC(N)CCSCCCOCC(F)(F)F. The van der Waals surface area contributed by atoms with Gasteiger partial charge in [0, 0.05) is 12.6 Å². The van der Waals surface area contributed by atoms with E-state index in [1.807, 2.05) is 6.92 Å². The minimum atomic E-state index is -4.21. The number of rotatable bonds is 8. The molecular formula is C9H18F3NOS. The van der Waals surface area contributed by atoms with Crippen molar-refractivity contribution in [3.05, 3.63) is 0 Å². The molecule has 0 heterocycles. The highest BCUT2D eigenvalue weighted by Crippen LogP contribution is 2.14. The largest absolute Gasteiger partial charge is 0.411 e. The van der Waals surface area contributed by atoms with Crippen LogP contribution >= 0.6 is 11.8 Å². The standard InChI is InChI=1S/C9H18F3NOS/c1-8(13)3-6-15-5-2-4-14-7-9(10,11)12/h8H,2-7,13H2,1H3. The minimum absolute atomic E-state index is 0.171. The Morgan fingerprint density at radius 1 is 1.33 bits per heavy atom. The van der Waals surface area contributed by atoms with Crippen molar-refractivity contribution in [2.45, 2.75) is 32.0 Å². The van der Waals surface area contributed by atoms with Gasteiger partial charge in [-0.05, 0) is 31.3 Å². The Balaban J connectivity index is 3.06. The van der Waals surface area contributed by atoms with E-state index in [-0.39, 0.29) is 12.6 Å². The third-order valence-corrected chi connectivity index (χ3v) is 2.66. The Morgan fingerprint density at radius 3 is 2.53 bits per heavy atom. The zero-order valence-corrected chi connectivity index (χ0v) is 9.66. The molecule has 0 aliphatic rings. The molecule has 2 N–H and O–H groups in total. The van der Waals surface area contributed by atoms with Crippen molar-refractivity contribution in [1.82, 2.24) is 0 Å². The molecule has 0 saturated heterocycles. The summed E-state index contributed by atoms with van der Waals surface area (Å²) in [5, 5.41) is 0. The second kappa shape index (κ2) is 8.24. The first-order valence-corrected chi connectivity index (χ1v) is 6.05. The van der Waals surface area contributed by atoms with E-state index in [4.69, 9.17) is 5.73 Å². The van der Waals surface area contributed by atoms with Crippen LogP contribution in [0.3, 0.4) is 0 Å². The number of nitrogens with two attached hydrogens (primary N) is 1. The van der Waals surface area contributed by atoms with E-state index >= 15 is 0 Å². The number of hydrogen-bond acceptors (Lipinski definition) is 3. The highest BCUT2D eigenvalue weighted by Gasteiger charge is 2.27. The van der Waals surface area contributed by atoms with Crippen LogP contribution in [0.1, 0.15) is 19.8 Å². The quantitative estimate of drug-likeness (QED) is 0.667. The normalized spacial score (nSPS) is 14.2. The summed E-state index contributed by atoms with van der Waals surface area (Å²) in [5.74, 6) is 1.78. The van der Waals surface area contributed by atoms with Crippen molar-refractivity contribution in [2.24, 2.45) is 5.73 Å². The molecular weight excluding hydrogens is 227 g/mol. The molecule has 0 aromatic carbocycles. The second-order valence-corrected chi connectivity index (χ2v) is 4.62. The van der Waals surface area contributed by atoms with E-state index in [9.17, 15) is 13.2 Å². The first-order chi connectivity index (χ1) is 6.92. The third-order valence-electron chi connectivity index (χ3n) is 1.56. The maximum absolute atomic E-state index is 11.6. The molecule has 1 unspecified atom stereocenters. The molecule has 0 rings (SSSR count). The predicted molar refractivity (Wildman–Crippen MR) is 57.1 cm³/mol. The lowest BCUT2D eigenvalue weighted by atomic mass is 10.3. The molecule has 2 nitrogen and oxygen atoms in total. The Labute approximate surface area is 92.7 Å². The van der Waals surface area contributed by atoms with Gasteiger partial charge in [-0.1, -0.05) is 0 Å². The summed E-state index contributed by atoms with van der Waals surface area (Å²) in [6.07, 6.45) is -2.62. The van der Waals surface area contributed by atoms with E-state index in [1.165, 1.54) is 0 Å². The van der Waals surface area contributed by atoms with Crippen LogP contribution in [0.15, 0.2) is 0 Å². The number of halogens is 3. The van der Waals surface area contributed by atoms with Gasteiger partial charge in [-0.2, -0.15) is 24.9 Å². The maximum Gasteiger partial charge on any atom is 0.411 e. The summed E-state index contributed by atoms with van der Waals surface area (Å²) in [5.41, 5.74) is 5.54. The van der Waals surface area contributed by atoms with Crippen LogP contribution in [0.2, 0.25) is 0 Å². The average Bonchev–Trinajstić information content (AvgIpc) is 2.07. The summed E-state index contributed by atoms with van der Waals surface area (Å²) in [6, 6.07) is 0.193. The molecule has 0 aliphatic heterocycles. The fourth-order valence-corrected chi connectivity index (χ4v) is 1.89. The Hall–Kier alpha value is 0.0600. The monoisotopic (exact) mass is 245 g/mol. The van der Waals surface area contributed by atoms with E-state index in [2.05, 4.69) is 4.74 Å². The molecule has 0 fully saturated rings. The molecule has 0 aromatic rings. The Kier molecular flexibility index (Phi) is 8.27. The second-order valence-electron chi connectivity index (χ2n) is 3.40. The van der Waals surface area contributed by atoms with E-state index in [0.717, 1.165) is 17.9 Å². The van der Waals surface area contributed by atoms with Crippen LogP contribution in [0, 0.1) is 0 Å². The molecule has 0 bridgehead atoms. The third kappa shape index (κ3) is 14.1. The molecule has 0 aliphatic carbocycles. The van der Waals surface area contributed by atoms with Crippen LogP contribution < -0.4 is 5.73 Å². The first kappa shape index (κ1) is 15.1. The van der Waals surface area contributed by atoms with Gasteiger partial charge in [-0.25, -0.2) is 0 Å². The smallest absolute Gasteiger partial charge is 0.372 e. The maximum atomic E-state index is 11.6. The molecule has 15 heavy (non-hydrogen) atoms. The van der Waals surface area contributed by atoms with E-state index < -0.39 is 12.8 Å². The summed E-state index contributed by atoms with van der Waals surface area (Å²) in [4.78, 5) is 0. The van der Waals surface area contributed by atoms with Crippen molar-refractivity contribution in [3.8, 4) is 0 Å². The Bertz CT molecular complexity index is 153. The van der Waals surface area contributed by atoms with Crippen LogP contribution in [-0.2, 0) is 4.74 Å². The summed E-state index contributed by atoms with van der Waals surface area (Å²) >= 11 is 1.70.